The van der Waals surface area contributed by atoms with Crippen LogP contribution in [0.4, 0.5) is 0 Å². The van der Waals surface area contributed by atoms with Crippen LogP contribution in [0.5, 0.6) is 0 Å². The molecule has 0 bridgehead atoms. The second-order valence-electron chi connectivity index (χ2n) is 3.76. The summed E-state index contributed by atoms with van der Waals surface area (Å²) in [6, 6.07) is 6.74. The molecule has 1 fully saturated rings. The fourth-order valence-electron chi connectivity index (χ4n) is 1.72. The van der Waals surface area contributed by atoms with Crippen LogP contribution in [-0.2, 0) is 0 Å². The van der Waals surface area contributed by atoms with Crippen LogP contribution >= 0.6 is 27.7 Å². The van der Waals surface area contributed by atoms with Crippen molar-refractivity contribution in [3.05, 3.63) is 22.8 Å². The summed E-state index contributed by atoms with van der Waals surface area (Å²) in [6.07, 6.45) is 4.00. The molecule has 1 atom stereocenters. The molecule has 2 nitrogen and oxygen atoms in total. The van der Waals surface area contributed by atoms with Gasteiger partial charge in [0, 0.05) is 11.8 Å². The molecule has 82 valence electrons. The number of nitrogens with zero attached hydrogens (tertiary/aromatic N) is 1. The van der Waals surface area contributed by atoms with Gasteiger partial charge in [-0.3, -0.25) is 0 Å². The maximum Gasteiger partial charge on any atom is 0.107 e. The third-order valence-electron chi connectivity index (χ3n) is 2.53. The normalized spacial score (nSPS) is 21.5. The summed E-state index contributed by atoms with van der Waals surface area (Å²) in [5, 5.41) is 4.65. The minimum atomic E-state index is 0.671. The van der Waals surface area contributed by atoms with Gasteiger partial charge in [0.05, 0.1) is 5.03 Å². The Bertz CT molecular complexity index is 313. The van der Waals surface area contributed by atoms with Gasteiger partial charge in [-0.2, -0.15) is 0 Å². The first-order chi connectivity index (χ1) is 7.34. The summed E-state index contributed by atoms with van der Waals surface area (Å²) >= 11 is 5.23. The maximum atomic E-state index is 4.41. The molecule has 1 aliphatic rings. The summed E-state index contributed by atoms with van der Waals surface area (Å²) < 4.78 is 0.920. The number of hydrogen-bond acceptors (Lipinski definition) is 3. The molecule has 1 aromatic heterocycles. The van der Waals surface area contributed by atoms with E-state index in [2.05, 4.69) is 32.3 Å². The molecule has 1 N–H and O–H groups in total. The Morgan fingerprint density at radius 2 is 2.40 bits per heavy atom. The summed E-state index contributed by atoms with van der Waals surface area (Å²) in [5.74, 6) is 1.13. The van der Waals surface area contributed by atoms with Gasteiger partial charge in [-0.05, 0) is 47.4 Å². The number of nitrogens with one attached hydrogen (secondary N) is 1. The Labute approximate surface area is 103 Å². The van der Waals surface area contributed by atoms with Crippen LogP contribution in [0.25, 0.3) is 0 Å². The predicted octanol–water partition coefficient (Wildman–Crippen LogP) is 3.08. The topological polar surface area (TPSA) is 24.9 Å². The van der Waals surface area contributed by atoms with Gasteiger partial charge in [0.25, 0.3) is 0 Å². The number of piperidine rings is 1. The van der Waals surface area contributed by atoms with Crippen molar-refractivity contribution >= 4 is 27.7 Å². The van der Waals surface area contributed by atoms with Crippen molar-refractivity contribution in [1.29, 1.82) is 0 Å². The van der Waals surface area contributed by atoms with Gasteiger partial charge in [-0.15, -0.1) is 11.8 Å². The lowest BCUT2D eigenvalue weighted by atomic mass is 10.1. The smallest absolute Gasteiger partial charge is 0.107 e. The van der Waals surface area contributed by atoms with Crippen molar-refractivity contribution in [2.45, 2.75) is 30.3 Å². The van der Waals surface area contributed by atoms with E-state index in [9.17, 15) is 0 Å². The van der Waals surface area contributed by atoms with Crippen LogP contribution < -0.4 is 5.32 Å². The highest BCUT2D eigenvalue weighted by atomic mass is 79.9. The summed E-state index contributed by atoms with van der Waals surface area (Å²) in [4.78, 5) is 4.41. The third kappa shape index (κ3) is 3.78. The Morgan fingerprint density at radius 1 is 1.47 bits per heavy atom. The number of rotatable bonds is 3. The third-order valence-corrected chi connectivity index (χ3v) is 4.07. The fourth-order valence-corrected chi connectivity index (χ4v) is 3.18. The van der Waals surface area contributed by atoms with Crippen molar-refractivity contribution in [2.75, 3.05) is 12.3 Å². The lowest BCUT2D eigenvalue weighted by Gasteiger charge is -2.22. The number of aromatic nitrogens is 1. The molecule has 0 unspecified atom stereocenters. The number of hydrogen-bond donors (Lipinski definition) is 1. The van der Waals surface area contributed by atoms with E-state index < -0.39 is 0 Å². The van der Waals surface area contributed by atoms with Crippen molar-refractivity contribution in [3.63, 3.8) is 0 Å². The van der Waals surface area contributed by atoms with Crippen LogP contribution in [0.15, 0.2) is 27.8 Å². The SMILES string of the molecule is Brc1cccc(SC[C@@H]2CCCCN2)n1. The fraction of sp³-hybridized carbons (Fsp3) is 0.545. The molecular formula is C11H15BrN2S. The molecule has 15 heavy (non-hydrogen) atoms. The number of pyridine rings is 1. The van der Waals surface area contributed by atoms with Crippen LogP contribution in [0.1, 0.15) is 19.3 Å². The first-order valence-corrected chi connectivity index (χ1v) is 7.11. The largest absolute Gasteiger partial charge is 0.313 e. The van der Waals surface area contributed by atoms with E-state index in [0.717, 1.165) is 15.4 Å². The Kier molecular flexibility index (Phi) is 4.47. The molecule has 0 radical (unpaired) electrons. The second kappa shape index (κ2) is 5.87. The van der Waals surface area contributed by atoms with Gasteiger partial charge < -0.3 is 5.32 Å². The van der Waals surface area contributed by atoms with Crippen molar-refractivity contribution in [1.82, 2.24) is 10.3 Å². The van der Waals surface area contributed by atoms with Crippen molar-refractivity contribution < 1.29 is 0 Å². The van der Waals surface area contributed by atoms with Crippen molar-refractivity contribution in [3.8, 4) is 0 Å². The van der Waals surface area contributed by atoms with E-state index in [1.807, 2.05) is 23.9 Å². The highest BCUT2D eigenvalue weighted by Crippen LogP contribution is 2.20. The van der Waals surface area contributed by atoms with Gasteiger partial charge in [0.1, 0.15) is 4.60 Å². The number of thioether (sulfide) groups is 1. The zero-order valence-electron chi connectivity index (χ0n) is 8.58. The van der Waals surface area contributed by atoms with Gasteiger partial charge in [0.15, 0.2) is 0 Å². The summed E-state index contributed by atoms with van der Waals surface area (Å²) in [6.45, 7) is 1.18. The van der Waals surface area contributed by atoms with E-state index in [1.165, 1.54) is 25.8 Å². The molecule has 0 aliphatic carbocycles. The highest BCUT2D eigenvalue weighted by Gasteiger charge is 2.12. The average molecular weight is 287 g/mol. The summed E-state index contributed by atoms with van der Waals surface area (Å²) in [5.41, 5.74) is 0. The molecule has 1 aliphatic heterocycles. The lowest BCUT2D eigenvalue weighted by molar-refractivity contribution is 0.430. The monoisotopic (exact) mass is 286 g/mol. The zero-order chi connectivity index (χ0) is 10.5. The average Bonchev–Trinajstić information content (AvgIpc) is 2.28. The molecule has 0 amide bonds. The predicted molar refractivity (Wildman–Crippen MR) is 68.3 cm³/mol. The quantitative estimate of drug-likeness (QED) is 0.683. The minimum absolute atomic E-state index is 0.671. The molecule has 4 heteroatoms. The van der Waals surface area contributed by atoms with Gasteiger partial charge in [-0.1, -0.05) is 12.5 Å². The molecule has 0 saturated carbocycles. The van der Waals surface area contributed by atoms with Crippen LogP contribution in [-0.4, -0.2) is 23.3 Å². The second-order valence-corrected chi connectivity index (χ2v) is 5.61. The Morgan fingerprint density at radius 3 is 3.13 bits per heavy atom. The van der Waals surface area contributed by atoms with E-state index in [1.54, 1.807) is 0 Å². The maximum absolute atomic E-state index is 4.41. The van der Waals surface area contributed by atoms with E-state index in [0.29, 0.717) is 6.04 Å². The summed E-state index contributed by atoms with van der Waals surface area (Å²) in [7, 11) is 0. The standard InChI is InChI=1S/C11H15BrN2S/c12-10-5-3-6-11(14-10)15-8-9-4-1-2-7-13-9/h3,5-6,9,13H,1-2,4,7-8H2/t9-/m0/s1. The zero-order valence-corrected chi connectivity index (χ0v) is 11.0. The van der Waals surface area contributed by atoms with Crippen LogP contribution in [0.3, 0.4) is 0 Å². The molecule has 0 spiro atoms. The Hall–Kier alpha value is -0.0600. The molecule has 0 aromatic carbocycles. The van der Waals surface area contributed by atoms with Crippen LogP contribution in [0, 0.1) is 0 Å². The molecule has 2 heterocycles. The van der Waals surface area contributed by atoms with Gasteiger partial charge in [0.2, 0.25) is 0 Å². The first-order valence-electron chi connectivity index (χ1n) is 5.33. The van der Waals surface area contributed by atoms with Gasteiger partial charge in [-0.25, -0.2) is 4.98 Å². The first kappa shape index (κ1) is 11.4. The lowest BCUT2D eigenvalue weighted by Crippen LogP contribution is -2.35. The van der Waals surface area contributed by atoms with Crippen LogP contribution in [0.2, 0.25) is 0 Å². The molecule has 1 aromatic rings. The molecular weight excluding hydrogens is 272 g/mol. The van der Waals surface area contributed by atoms with E-state index >= 15 is 0 Å². The van der Waals surface area contributed by atoms with E-state index in [4.69, 9.17) is 0 Å². The Balaban J connectivity index is 1.81. The van der Waals surface area contributed by atoms with Gasteiger partial charge >= 0.3 is 0 Å². The highest BCUT2D eigenvalue weighted by molar-refractivity contribution is 9.10. The van der Waals surface area contributed by atoms with E-state index in [-0.39, 0.29) is 0 Å². The molecule has 2 rings (SSSR count). The minimum Gasteiger partial charge on any atom is -0.313 e. The number of halogens is 1. The molecule has 1 saturated heterocycles. The van der Waals surface area contributed by atoms with Crippen molar-refractivity contribution in [2.24, 2.45) is 0 Å².